The number of aromatic nitrogens is 2. The number of hydrogen-bond acceptors (Lipinski definition) is 3. The first kappa shape index (κ1) is 10.8. The average molecular weight is 238 g/mol. The lowest BCUT2D eigenvalue weighted by Crippen LogP contribution is -1.95. The second-order valence-electron chi connectivity index (χ2n) is 3.15. The molecular formula is C11H9ClFN3. The molecule has 0 aliphatic carbocycles. The minimum atomic E-state index is -0.466. The molecule has 1 aromatic carbocycles. The van der Waals surface area contributed by atoms with Crippen molar-refractivity contribution in [1.29, 1.82) is 0 Å². The van der Waals surface area contributed by atoms with Gasteiger partial charge in [-0.1, -0.05) is 23.7 Å². The van der Waals surface area contributed by atoms with E-state index in [0.717, 1.165) is 5.69 Å². The van der Waals surface area contributed by atoms with Gasteiger partial charge in [0.25, 0.3) is 0 Å². The maximum atomic E-state index is 12.3. The van der Waals surface area contributed by atoms with Gasteiger partial charge in [0.2, 0.25) is 0 Å². The van der Waals surface area contributed by atoms with Crippen LogP contribution in [0.15, 0.2) is 36.7 Å². The number of rotatable bonds is 3. The number of alkyl halides is 1. The van der Waals surface area contributed by atoms with Crippen LogP contribution in [0, 0.1) is 0 Å². The van der Waals surface area contributed by atoms with Gasteiger partial charge >= 0.3 is 0 Å². The quantitative estimate of drug-likeness (QED) is 0.890. The molecule has 0 amide bonds. The maximum Gasteiger partial charge on any atom is 0.171 e. The van der Waals surface area contributed by atoms with E-state index in [-0.39, 0.29) is 0 Å². The van der Waals surface area contributed by atoms with Crippen LogP contribution < -0.4 is 5.32 Å². The number of nitrogens with one attached hydrogen (secondary N) is 1. The first-order chi connectivity index (χ1) is 7.79. The van der Waals surface area contributed by atoms with Crippen LogP contribution in [0.2, 0.25) is 5.15 Å². The minimum Gasteiger partial charge on any atom is -0.338 e. The van der Waals surface area contributed by atoms with Crippen LogP contribution >= 0.6 is 11.6 Å². The molecule has 0 aliphatic rings. The predicted molar refractivity (Wildman–Crippen MR) is 61.6 cm³/mol. The third kappa shape index (κ3) is 2.46. The number of hydrogen-bond donors (Lipinski definition) is 1. The monoisotopic (exact) mass is 237 g/mol. The van der Waals surface area contributed by atoms with E-state index in [1.165, 1.54) is 6.20 Å². The van der Waals surface area contributed by atoms with E-state index >= 15 is 0 Å². The Kier molecular flexibility index (Phi) is 3.31. The molecule has 1 aromatic heterocycles. The van der Waals surface area contributed by atoms with Gasteiger partial charge in [0, 0.05) is 18.1 Å². The molecule has 2 rings (SSSR count). The van der Waals surface area contributed by atoms with Crippen molar-refractivity contribution in [2.75, 3.05) is 5.32 Å². The van der Waals surface area contributed by atoms with Crippen LogP contribution in [0.1, 0.15) is 5.56 Å². The summed E-state index contributed by atoms with van der Waals surface area (Å²) in [4.78, 5) is 7.93. The second-order valence-corrected chi connectivity index (χ2v) is 3.51. The highest BCUT2D eigenvalue weighted by Crippen LogP contribution is 2.20. The zero-order valence-electron chi connectivity index (χ0n) is 8.32. The Labute approximate surface area is 97.3 Å². The van der Waals surface area contributed by atoms with Crippen molar-refractivity contribution in [3.05, 3.63) is 47.4 Å². The smallest absolute Gasteiger partial charge is 0.171 e. The molecule has 0 fully saturated rings. The molecule has 82 valence electrons. The summed E-state index contributed by atoms with van der Waals surface area (Å²) in [7, 11) is 0. The highest BCUT2D eigenvalue weighted by Gasteiger charge is 2.02. The average Bonchev–Trinajstić information content (AvgIpc) is 2.33. The molecule has 2 aromatic rings. The molecule has 3 nitrogen and oxygen atoms in total. The second kappa shape index (κ2) is 4.90. The predicted octanol–water partition coefficient (Wildman–Crippen LogP) is 3.34. The SMILES string of the molecule is FCc1ccc(Nc2nccnc2Cl)cc1. The van der Waals surface area contributed by atoms with E-state index in [1.54, 1.807) is 30.5 Å². The molecule has 0 atom stereocenters. The molecule has 1 heterocycles. The number of nitrogens with zero attached hydrogens (tertiary/aromatic N) is 2. The van der Waals surface area contributed by atoms with Gasteiger partial charge in [-0.15, -0.1) is 0 Å². The lowest BCUT2D eigenvalue weighted by molar-refractivity contribution is 0.485. The molecule has 0 spiro atoms. The fourth-order valence-electron chi connectivity index (χ4n) is 1.22. The van der Waals surface area contributed by atoms with E-state index in [0.29, 0.717) is 16.5 Å². The van der Waals surface area contributed by atoms with Gasteiger partial charge in [0.1, 0.15) is 6.67 Å². The summed E-state index contributed by atoms with van der Waals surface area (Å²) in [6.45, 7) is -0.466. The topological polar surface area (TPSA) is 37.8 Å². The van der Waals surface area contributed by atoms with E-state index in [9.17, 15) is 4.39 Å². The normalized spacial score (nSPS) is 10.1. The van der Waals surface area contributed by atoms with Crippen LogP contribution in [0.25, 0.3) is 0 Å². The molecule has 0 saturated carbocycles. The largest absolute Gasteiger partial charge is 0.338 e. The Hall–Kier alpha value is -1.68. The van der Waals surface area contributed by atoms with Gasteiger partial charge in [-0.05, 0) is 17.7 Å². The Morgan fingerprint density at radius 2 is 1.81 bits per heavy atom. The van der Waals surface area contributed by atoms with Gasteiger partial charge in [-0.25, -0.2) is 14.4 Å². The first-order valence-corrected chi connectivity index (χ1v) is 5.06. The van der Waals surface area contributed by atoms with Crippen LogP contribution in [-0.2, 0) is 6.67 Å². The Morgan fingerprint density at radius 3 is 2.44 bits per heavy atom. The third-order valence-electron chi connectivity index (χ3n) is 2.02. The number of halogens is 2. The fraction of sp³-hybridized carbons (Fsp3) is 0.0909. The highest BCUT2D eigenvalue weighted by molar-refractivity contribution is 6.31. The zero-order chi connectivity index (χ0) is 11.4. The highest BCUT2D eigenvalue weighted by atomic mass is 35.5. The number of benzene rings is 1. The molecule has 5 heteroatoms. The third-order valence-corrected chi connectivity index (χ3v) is 2.30. The lowest BCUT2D eigenvalue weighted by atomic mass is 10.2. The van der Waals surface area contributed by atoms with E-state index in [1.807, 2.05) is 0 Å². The van der Waals surface area contributed by atoms with Gasteiger partial charge in [-0.2, -0.15) is 0 Å². The van der Waals surface area contributed by atoms with E-state index in [2.05, 4.69) is 15.3 Å². The van der Waals surface area contributed by atoms with Crippen molar-refractivity contribution < 1.29 is 4.39 Å². The Morgan fingerprint density at radius 1 is 1.12 bits per heavy atom. The summed E-state index contributed by atoms with van der Waals surface area (Å²) in [5.74, 6) is 0.483. The van der Waals surface area contributed by atoms with Crippen molar-refractivity contribution >= 4 is 23.1 Å². The molecular weight excluding hydrogens is 229 g/mol. The molecule has 1 N–H and O–H groups in total. The lowest BCUT2D eigenvalue weighted by Gasteiger charge is -2.06. The van der Waals surface area contributed by atoms with Crippen molar-refractivity contribution in [2.45, 2.75) is 6.67 Å². The van der Waals surface area contributed by atoms with E-state index < -0.39 is 6.67 Å². The molecule has 0 saturated heterocycles. The molecule has 16 heavy (non-hydrogen) atoms. The summed E-state index contributed by atoms with van der Waals surface area (Å²) in [5.41, 5.74) is 1.43. The van der Waals surface area contributed by atoms with Gasteiger partial charge in [0.15, 0.2) is 11.0 Å². The summed E-state index contributed by atoms with van der Waals surface area (Å²) in [5, 5.41) is 3.30. The van der Waals surface area contributed by atoms with Gasteiger partial charge < -0.3 is 5.32 Å². The van der Waals surface area contributed by atoms with Crippen LogP contribution in [-0.4, -0.2) is 9.97 Å². The van der Waals surface area contributed by atoms with Crippen LogP contribution in [0.4, 0.5) is 15.9 Å². The minimum absolute atomic E-state index is 0.303. The van der Waals surface area contributed by atoms with Gasteiger partial charge in [-0.3, -0.25) is 0 Å². The molecule has 0 bridgehead atoms. The summed E-state index contributed by atoms with van der Waals surface area (Å²) >= 11 is 5.84. The van der Waals surface area contributed by atoms with Crippen LogP contribution in [0.5, 0.6) is 0 Å². The number of anilines is 2. The van der Waals surface area contributed by atoms with E-state index in [4.69, 9.17) is 11.6 Å². The van der Waals surface area contributed by atoms with Crippen molar-refractivity contribution in [3.63, 3.8) is 0 Å². The molecule has 0 aliphatic heterocycles. The summed E-state index contributed by atoms with van der Waals surface area (Å²) in [6, 6.07) is 6.93. The van der Waals surface area contributed by atoms with Crippen molar-refractivity contribution in [1.82, 2.24) is 9.97 Å². The zero-order valence-corrected chi connectivity index (χ0v) is 9.08. The van der Waals surface area contributed by atoms with Crippen LogP contribution in [0.3, 0.4) is 0 Å². The van der Waals surface area contributed by atoms with Crippen molar-refractivity contribution in [2.24, 2.45) is 0 Å². The molecule has 0 unspecified atom stereocenters. The molecule has 0 radical (unpaired) electrons. The van der Waals surface area contributed by atoms with Gasteiger partial charge in [0.05, 0.1) is 0 Å². The standard InChI is InChI=1S/C11H9ClFN3/c12-10-11(15-6-5-14-10)16-9-3-1-8(7-13)2-4-9/h1-6H,7H2,(H,15,16). The van der Waals surface area contributed by atoms with Crippen molar-refractivity contribution in [3.8, 4) is 0 Å². The Bertz CT molecular complexity index is 473. The summed E-state index contributed by atoms with van der Waals surface area (Å²) < 4.78 is 12.3. The summed E-state index contributed by atoms with van der Waals surface area (Å²) in [6.07, 6.45) is 3.06. The Balaban J connectivity index is 2.18. The maximum absolute atomic E-state index is 12.3. The first-order valence-electron chi connectivity index (χ1n) is 4.68. The fourth-order valence-corrected chi connectivity index (χ4v) is 1.37.